The first-order valence-electron chi connectivity index (χ1n) is 7.65. The second-order valence-electron chi connectivity index (χ2n) is 5.32. The maximum atomic E-state index is 12.7. The van der Waals surface area contributed by atoms with Crippen LogP contribution in [0.1, 0.15) is 26.1 Å². The lowest BCUT2D eigenvalue weighted by atomic mass is 10.4. The van der Waals surface area contributed by atoms with Crippen molar-refractivity contribution in [3.05, 3.63) is 34.6 Å². The molecule has 0 spiro atoms. The van der Waals surface area contributed by atoms with Gasteiger partial charge < -0.3 is 9.40 Å². The lowest BCUT2D eigenvalue weighted by molar-refractivity contribution is 0.577. The zero-order valence-electron chi connectivity index (χ0n) is 12.9. The number of fused-ring (bicyclic) bond motifs is 2. The fraction of sp³-hybridized carbons (Fsp3) is 0.333. The molecule has 4 aromatic rings. The van der Waals surface area contributed by atoms with Crippen molar-refractivity contribution in [3.8, 4) is 11.6 Å². The zero-order chi connectivity index (χ0) is 16.0. The van der Waals surface area contributed by atoms with Crippen molar-refractivity contribution >= 4 is 16.9 Å². The Morgan fingerprint density at radius 1 is 1.30 bits per heavy atom. The number of rotatable bonds is 4. The number of furan rings is 1. The molecule has 4 aromatic heterocycles. The molecule has 0 fully saturated rings. The number of hydrogen-bond acceptors (Lipinski definition) is 5. The van der Waals surface area contributed by atoms with Crippen molar-refractivity contribution < 1.29 is 4.42 Å². The van der Waals surface area contributed by atoms with E-state index in [9.17, 15) is 4.79 Å². The van der Waals surface area contributed by atoms with Crippen molar-refractivity contribution in [2.45, 2.75) is 33.2 Å². The van der Waals surface area contributed by atoms with Crippen LogP contribution in [-0.4, -0.2) is 29.1 Å². The smallest absolute Gasteiger partial charge is 0.301 e. The molecule has 0 aromatic carbocycles. The molecule has 23 heavy (non-hydrogen) atoms. The van der Waals surface area contributed by atoms with Gasteiger partial charge in [0.15, 0.2) is 16.9 Å². The van der Waals surface area contributed by atoms with Crippen LogP contribution in [-0.2, 0) is 13.0 Å². The minimum Gasteiger partial charge on any atom is -0.461 e. The molecule has 4 heterocycles. The van der Waals surface area contributed by atoms with E-state index in [1.165, 1.54) is 4.52 Å². The Hall–Kier alpha value is -2.90. The van der Waals surface area contributed by atoms with Gasteiger partial charge in [0.1, 0.15) is 5.82 Å². The Morgan fingerprint density at radius 2 is 2.17 bits per heavy atom. The summed E-state index contributed by atoms with van der Waals surface area (Å²) < 4.78 is 8.57. The summed E-state index contributed by atoms with van der Waals surface area (Å²) in [5.41, 5.74) is 0.832. The molecular weight excluding hydrogens is 296 g/mol. The zero-order valence-corrected chi connectivity index (χ0v) is 12.9. The molecule has 0 saturated carbocycles. The molecule has 8 heteroatoms. The first kappa shape index (κ1) is 13.7. The van der Waals surface area contributed by atoms with Gasteiger partial charge >= 0.3 is 5.56 Å². The fourth-order valence-corrected chi connectivity index (χ4v) is 2.68. The van der Waals surface area contributed by atoms with Crippen LogP contribution in [0.4, 0.5) is 0 Å². The first-order chi connectivity index (χ1) is 11.2. The van der Waals surface area contributed by atoms with Gasteiger partial charge in [-0.05, 0) is 18.6 Å². The van der Waals surface area contributed by atoms with Gasteiger partial charge in [0.05, 0.1) is 6.26 Å². The molecule has 0 amide bonds. The number of nitrogens with one attached hydrogen (secondary N) is 1. The van der Waals surface area contributed by atoms with Crippen LogP contribution in [0.15, 0.2) is 27.6 Å². The van der Waals surface area contributed by atoms with Crippen LogP contribution >= 0.6 is 0 Å². The van der Waals surface area contributed by atoms with E-state index in [0.717, 1.165) is 18.7 Å². The number of aromatic nitrogens is 6. The molecule has 0 bridgehead atoms. The predicted octanol–water partition coefficient (Wildman–Crippen LogP) is 2.00. The van der Waals surface area contributed by atoms with Gasteiger partial charge in [0.2, 0.25) is 11.6 Å². The average Bonchev–Trinajstić information content (AvgIpc) is 3.29. The van der Waals surface area contributed by atoms with Crippen molar-refractivity contribution in [2.75, 3.05) is 0 Å². The number of aromatic amines is 1. The van der Waals surface area contributed by atoms with Gasteiger partial charge in [-0.2, -0.15) is 9.50 Å². The summed E-state index contributed by atoms with van der Waals surface area (Å²) in [6, 6.07) is 3.53. The van der Waals surface area contributed by atoms with Gasteiger partial charge in [-0.15, -0.1) is 5.10 Å². The number of nitrogens with zero attached hydrogens (tertiary/aromatic N) is 5. The second-order valence-corrected chi connectivity index (χ2v) is 5.32. The van der Waals surface area contributed by atoms with Gasteiger partial charge in [0, 0.05) is 13.0 Å². The Balaban J connectivity index is 2.09. The Morgan fingerprint density at radius 3 is 2.87 bits per heavy atom. The van der Waals surface area contributed by atoms with Crippen LogP contribution in [0.5, 0.6) is 0 Å². The average molecular weight is 312 g/mol. The highest BCUT2D eigenvalue weighted by Crippen LogP contribution is 2.18. The third-order valence-electron chi connectivity index (χ3n) is 3.75. The molecule has 0 saturated heterocycles. The van der Waals surface area contributed by atoms with Crippen molar-refractivity contribution in [1.82, 2.24) is 29.1 Å². The van der Waals surface area contributed by atoms with Crippen molar-refractivity contribution in [3.63, 3.8) is 0 Å². The second kappa shape index (κ2) is 5.08. The minimum atomic E-state index is -0.250. The van der Waals surface area contributed by atoms with E-state index in [1.807, 2.05) is 11.5 Å². The summed E-state index contributed by atoms with van der Waals surface area (Å²) in [4.78, 5) is 24.8. The highest BCUT2D eigenvalue weighted by Gasteiger charge is 2.19. The lowest BCUT2D eigenvalue weighted by Gasteiger charge is -2.06. The van der Waals surface area contributed by atoms with Gasteiger partial charge in [-0.25, -0.2) is 4.98 Å². The Bertz CT molecular complexity index is 1040. The summed E-state index contributed by atoms with van der Waals surface area (Å²) in [7, 11) is 0. The lowest BCUT2D eigenvalue weighted by Crippen LogP contribution is -2.20. The SMILES string of the molecule is CCCn1c2nc(CC)[nH]c2c(=O)n2nc(-c3ccco3)nc12. The molecule has 8 nitrogen and oxygen atoms in total. The van der Waals surface area contributed by atoms with E-state index in [-0.39, 0.29) is 5.56 Å². The minimum absolute atomic E-state index is 0.250. The van der Waals surface area contributed by atoms with E-state index in [2.05, 4.69) is 27.0 Å². The normalized spacial score (nSPS) is 11.7. The van der Waals surface area contributed by atoms with Crippen LogP contribution < -0.4 is 5.56 Å². The topological polar surface area (TPSA) is 94.0 Å². The van der Waals surface area contributed by atoms with E-state index >= 15 is 0 Å². The van der Waals surface area contributed by atoms with E-state index in [4.69, 9.17) is 4.42 Å². The quantitative estimate of drug-likeness (QED) is 0.622. The van der Waals surface area contributed by atoms with E-state index in [1.54, 1.807) is 18.4 Å². The van der Waals surface area contributed by atoms with Crippen LogP contribution in [0.25, 0.3) is 28.5 Å². The fourth-order valence-electron chi connectivity index (χ4n) is 2.68. The summed E-state index contributed by atoms with van der Waals surface area (Å²) in [6.45, 7) is 4.76. The molecule has 0 radical (unpaired) electrons. The molecule has 0 atom stereocenters. The highest BCUT2D eigenvalue weighted by molar-refractivity contribution is 5.73. The highest BCUT2D eigenvalue weighted by atomic mass is 16.3. The summed E-state index contributed by atoms with van der Waals surface area (Å²) in [5.74, 6) is 2.17. The molecule has 4 rings (SSSR count). The Kier molecular flexibility index (Phi) is 3.03. The van der Waals surface area contributed by atoms with E-state index < -0.39 is 0 Å². The van der Waals surface area contributed by atoms with E-state index in [0.29, 0.717) is 35.1 Å². The predicted molar refractivity (Wildman–Crippen MR) is 84.3 cm³/mol. The summed E-state index contributed by atoms with van der Waals surface area (Å²) in [6.07, 6.45) is 3.18. The van der Waals surface area contributed by atoms with Crippen LogP contribution in [0, 0.1) is 0 Å². The number of aryl methyl sites for hydroxylation is 2. The van der Waals surface area contributed by atoms with Crippen LogP contribution in [0.3, 0.4) is 0 Å². The van der Waals surface area contributed by atoms with Gasteiger partial charge in [0.25, 0.3) is 0 Å². The monoisotopic (exact) mass is 312 g/mol. The number of H-pyrrole nitrogens is 1. The molecule has 1 N–H and O–H groups in total. The molecule has 118 valence electrons. The molecule has 0 aliphatic heterocycles. The van der Waals surface area contributed by atoms with Gasteiger partial charge in [-0.3, -0.25) is 9.36 Å². The molecular formula is C15H16N6O2. The molecule has 0 aliphatic rings. The largest absolute Gasteiger partial charge is 0.461 e. The van der Waals surface area contributed by atoms with Gasteiger partial charge in [-0.1, -0.05) is 13.8 Å². The summed E-state index contributed by atoms with van der Waals surface area (Å²) in [5, 5.41) is 4.31. The maximum absolute atomic E-state index is 12.7. The molecule has 0 aliphatic carbocycles. The first-order valence-corrected chi connectivity index (χ1v) is 7.65. The standard InChI is InChI=1S/C15H16N6O2/c1-3-7-20-13-11(16-10(4-2)17-13)14(22)21-15(20)18-12(19-21)9-6-5-8-23-9/h5-6,8H,3-4,7H2,1-2H3,(H,16,17). The maximum Gasteiger partial charge on any atom is 0.301 e. The molecule has 0 unspecified atom stereocenters. The third-order valence-corrected chi connectivity index (χ3v) is 3.75. The number of imidazole rings is 1. The number of hydrogen-bond donors (Lipinski definition) is 1. The van der Waals surface area contributed by atoms with Crippen molar-refractivity contribution in [1.29, 1.82) is 0 Å². The Labute approximate surface area is 130 Å². The van der Waals surface area contributed by atoms with Crippen molar-refractivity contribution in [2.24, 2.45) is 0 Å². The summed E-state index contributed by atoms with van der Waals surface area (Å²) >= 11 is 0. The van der Waals surface area contributed by atoms with Crippen LogP contribution in [0.2, 0.25) is 0 Å². The third kappa shape index (κ3) is 1.98.